The van der Waals surface area contributed by atoms with Gasteiger partial charge in [0.05, 0.1) is 0 Å². The number of para-hydroxylation sites is 1. The lowest BCUT2D eigenvalue weighted by Gasteiger charge is -2.15. The average Bonchev–Trinajstić information content (AvgIpc) is 2.71. The fourth-order valence-electron chi connectivity index (χ4n) is 2.38. The topological polar surface area (TPSA) is 14.2 Å². The van der Waals surface area contributed by atoms with E-state index in [0.29, 0.717) is 6.73 Å². The zero-order valence-electron chi connectivity index (χ0n) is 10.9. The Morgan fingerprint density at radius 3 is 2.53 bits per heavy atom. The van der Waals surface area contributed by atoms with Gasteiger partial charge in [-0.2, -0.15) is 0 Å². The lowest BCUT2D eigenvalue weighted by Crippen LogP contribution is -2.35. The largest absolute Gasteiger partial charge is 0.364 e. The molecule has 0 fully saturated rings. The first-order chi connectivity index (χ1) is 8.31. The van der Waals surface area contributed by atoms with E-state index in [4.69, 9.17) is 4.74 Å². The molecule has 1 aromatic carbocycles. The standard InChI is InChI=1S/C14H20NOSi/c1-4-17(5-2)14-10-12-8-6-7-9-13(12)15(14)11-16-3/h6-10H,4-5,11H2,1-3H3. The second-order valence-corrected chi connectivity index (χ2v) is 7.38. The van der Waals surface area contributed by atoms with Gasteiger partial charge in [0.1, 0.15) is 15.5 Å². The highest BCUT2D eigenvalue weighted by molar-refractivity contribution is 6.72. The molecule has 17 heavy (non-hydrogen) atoms. The van der Waals surface area contributed by atoms with Gasteiger partial charge in [-0.15, -0.1) is 0 Å². The van der Waals surface area contributed by atoms with Crippen LogP contribution in [0.4, 0.5) is 0 Å². The summed E-state index contributed by atoms with van der Waals surface area (Å²) in [6.45, 7) is 5.26. The third-order valence-corrected chi connectivity index (χ3v) is 6.13. The van der Waals surface area contributed by atoms with Crippen LogP contribution in [0, 0.1) is 0 Å². The highest BCUT2D eigenvalue weighted by Crippen LogP contribution is 2.16. The normalized spacial score (nSPS) is 11.5. The van der Waals surface area contributed by atoms with Crippen LogP contribution in [0.5, 0.6) is 0 Å². The first-order valence-electron chi connectivity index (χ1n) is 6.24. The number of aromatic nitrogens is 1. The van der Waals surface area contributed by atoms with Gasteiger partial charge in [-0.05, 0) is 17.5 Å². The summed E-state index contributed by atoms with van der Waals surface area (Å²) in [6.07, 6.45) is 0. The predicted octanol–water partition coefficient (Wildman–Crippen LogP) is 2.99. The van der Waals surface area contributed by atoms with Crippen molar-refractivity contribution in [3.8, 4) is 0 Å². The van der Waals surface area contributed by atoms with Crippen molar-refractivity contribution in [3.05, 3.63) is 30.3 Å². The van der Waals surface area contributed by atoms with E-state index in [9.17, 15) is 0 Å². The number of rotatable bonds is 5. The predicted molar refractivity (Wildman–Crippen MR) is 75.3 cm³/mol. The summed E-state index contributed by atoms with van der Waals surface area (Å²) in [4.78, 5) is 0. The molecule has 2 aromatic rings. The van der Waals surface area contributed by atoms with Crippen molar-refractivity contribution < 1.29 is 4.74 Å². The minimum absolute atomic E-state index is 0.431. The van der Waals surface area contributed by atoms with Gasteiger partial charge in [0.15, 0.2) is 0 Å². The molecule has 1 aromatic heterocycles. The molecule has 0 N–H and O–H groups in total. The molecular weight excluding hydrogens is 226 g/mol. The summed E-state index contributed by atoms with van der Waals surface area (Å²) in [5, 5.41) is 2.84. The minimum atomic E-state index is -0.431. The summed E-state index contributed by atoms with van der Waals surface area (Å²) in [5.41, 5.74) is 1.30. The maximum Gasteiger partial charge on any atom is 0.122 e. The molecule has 0 aliphatic heterocycles. The first-order valence-corrected chi connectivity index (χ1v) is 8.15. The van der Waals surface area contributed by atoms with Crippen LogP contribution >= 0.6 is 0 Å². The SMILES string of the molecule is CC[Si](CC)c1cc2ccccc2n1COC. The Labute approximate surface area is 105 Å². The third kappa shape index (κ3) is 2.30. The highest BCUT2D eigenvalue weighted by Gasteiger charge is 2.16. The Bertz CT molecular complexity index is 488. The quantitative estimate of drug-likeness (QED) is 0.740. The maximum absolute atomic E-state index is 5.35. The van der Waals surface area contributed by atoms with Crippen LogP contribution in [0.3, 0.4) is 0 Å². The van der Waals surface area contributed by atoms with Gasteiger partial charge < -0.3 is 9.30 Å². The number of benzene rings is 1. The molecular formula is C14H20NOSi. The van der Waals surface area contributed by atoms with Gasteiger partial charge in [0, 0.05) is 17.9 Å². The molecule has 0 spiro atoms. The molecule has 0 bridgehead atoms. The van der Waals surface area contributed by atoms with Gasteiger partial charge >= 0.3 is 0 Å². The van der Waals surface area contributed by atoms with Crippen LogP contribution in [0.15, 0.2) is 30.3 Å². The van der Waals surface area contributed by atoms with Gasteiger partial charge in [-0.25, -0.2) is 0 Å². The number of nitrogens with zero attached hydrogens (tertiary/aromatic N) is 1. The highest BCUT2D eigenvalue weighted by atomic mass is 28.3. The molecule has 0 amide bonds. The minimum Gasteiger partial charge on any atom is -0.364 e. The van der Waals surface area contributed by atoms with Gasteiger partial charge in [0.25, 0.3) is 0 Å². The fraction of sp³-hybridized carbons (Fsp3) is 0.429. The lowest BCUT2D eigenvalue weighted by atomic mass is 10.2. The van der Waals surface area contributed by atoms with E-state index in [0.717, 1.165) is 0 Å². The molecule has 0 aliphatic rings. The van der Waals surface area contributed by atoms with Crippen molar-refractivity contribution in [1.82, 2.24) is 4.57 Å². The first kappa shape index (κ1) is 12.4. The van der Waals surface area contributed by atoms with Crippen LogP contribution in [0.1, 0.15) is 13.8 Å². The summed E-state index contributed by atoms with van der Waals surface area (Å²) in [6, 6.07) is 13.5. The zero-order valence-corrected chi connectivity index (χ0v) is 11.9. The van der Waals surface area contributed by atoms with E-state index >= 15 is 0 Å². The number of hydrogen-bond acceptors (Lipinski definition) is 1. The molecule has 0 atom stereocenters. The van der Waals surface area contributed by atoms with Gasteiger partial charge in [0.2, 0.25) is 0 Å². The van der Waals surface area contributed by atoms with Crippen LogP contribution < -0.4 is 5.32 Å². The Morgan fingerprint density at radius 1 is 1.18 bits per heavy atom. The second-order valence-electron chi connectivity index (χ2n) is 4.24. The van der Waals surface area contributed by atoms with E-state index in [1.165, 1.54) is 28.3 Å². The molecule has 2 nitrogen and oxygen atoms in total. The summed E-state index contributed by atoms with van der Waals surface area (Å²) >= 11 is 0. The summed E-state index contributed by atoms with van der Waals surface area (Å²) < 4.78 is 7.70. The third-order valence-electron chi connectivity index (χ3n) is 3.28. The van der Waals surface area contributed by atoms with Crippen LogP contribution in [0.25, 0.3) is 10.9 Å². The van der Waals surface area contributed by atoms with E-state index in [2.05, 4.69) is 48.7 Å². The van der Waals surface area contributed by atoms with E-state index in [1.807, 2.05) is 0 Å². The smallest absolute Gasteiger partial charge is 0.122 e. The number of fused-ring (bicyclic) bond motifs is 1. The van der Waals surface area contributed by atoms with E-state index in [-0.39, 0.29) is 0 Å². The Hall–Kier alpha value is -1.06. The molecule has 2 rings (SSSR count). The molecule has 3 heteroatoms. The Morgan fingerprint density at radius 2 is 1.88 bits per heavy atom. The van der Waals surface area contributed by atoms with Crippen molar-refractivity contribution in [3.63, 3.8) is 0 Å². The summed E-state index contributed by atoms with van der Waals surface area (Å²) in [5.74, 6) is 0. The number of methoxy groups -OCH3 is 1. The lowest BCUT2D eigenvalue weighted by molar-refractivity contribution is 0.137. The fourth-order valence-corrected chi connectivity index (χ4v) is 4.53. The number of hydrogen-bond donors (Lipinski definition) is 0. The van der Waals surface area contributed by atoms with Crippen molar-refractivity contribution >= 4 is 25.0 Å². The van der Waals surface area contributed by atoms with Crippen molar-refractivity contribution in [2.24, 2.45) is 0 Å². The van der Waals surface area contributed by atoms with Crippen LogP contribution in [-0.4, -0.2) is 20.5 Å². The van der Waals surface area contributed by atoms with E-state index in [1.54, 1.807) is 7.11 Å². The van der Waals surface area contributed by atoms with Gasteiger partial charge in [-0.1, -0.05) is 44.1 Å². The van der Waals surface area contributed by atoms with Crippen molar-refractivity contribution in [1.29, 1.82) is 0 Å². The van der Waals surface area contributed by atoms with Crippen molar-refractivity contribution in [2.45, 2.75) is 32.7 Å². The monoisotopic (exact) mass is 246 g/mol. The Balaban J connectivity index is 2.56. The molecule has 1 heterocycles. The second kappa shape index (κ2) is 5.51. The van der Waals surface area contributed by atoms with Crippen LogP contribution in [0.2, 0.25) is 12.1 Å². The molecule has 0 saturated carbocycles. The van der Waals surface area contributed by atoms with Crippen molar-refractivity contribution in [2.75, 3.05) is 7.11 Å². The molecule has 91 valence electrons. The zero-order chi connectivity index (χ0) is 12.3. The van der Waals surface area contributed by atoms with Gasteiger partial charge in [-0.3, -0.25) is 0 Å². The summed E-state index contributed by atoms with van der Waals surface area (Å²) in [7, 11) is 1.34. The molecule has 0 aliphatic carbocycles. The van der Waals surface area contributed by atoms with Crippen LogP contribution in [-0.2, 0) is 11.5 Å². The molecule has 1 radical (unpaired) electrons. The molecule has 0 unspecified atom stereocenters. The maximum atomic E-state index is 5.35. The van der Waals surface area contributed by atoms with E-state index < -0.39 is 8.80 Å². The Kier molecular flexibility index (Phi) is 4.02. The number of ether oxygens (including phenoxy) is 1. The average molecular weight is 246 g/mol. The molecule has 0 saturated heterocycles.